The van der Waals surface area contributed by atoms with Crippen molar-refractivity contribution in [2.75, 3.05) is 13.1 Å². The van der Waals surface area contributed by atoms with Crippen LogP contribution in [0.4, 0.5) is 0 Å². The van der Waals surface area contributed by atoms with Gasteiger partial charge in [0.25, 0.3) is 0 Å². The maximum absolute atomic E-state index is 5.59. The molecule has 1 fully saturated rings. The molecule has 0 aliphatic heterocycles. The molecule has 0 saturated heterocycles. The normalized spacial score (nSPS) is 22.1. The summed E-state index contributed by atoms with van der Waals surface area (Å²) in [5, 5.41) is 3.73. The Morgan fingerprint density at radius 3 is 1.45 bits per heavy atom. The van der Waals surface area contributed by atoms with E-state index in [0.717, 1.165) is 25.6 Å². The van der Waals surface area contributed by atoms with Gasteiger partial charge in [-0.1, -0.05) is 77.0 Å². The minimum atomic E-state index is 0.756. The first kappa shape index (κ1) is 18.0. The Kier molecular flexibility index (Phi) is 12.5. The average molecular weight is 283 g/mol. The minimum absolute atomic E-state index is 0.756. The van der Waals surface area contributed by atoms with E-state index in [1.54, 1.807) is 0 Å². The molecular weight excluding hydrogens is 244 g/mol. The number of rotatable bonds is 4. The van der Waals surface area contributed by atoms with Crippen LogP contribution >= 0.6 is 0 Å². The van der Waals surface area contributed by atoms with Crippen LogP contribution in [0.2, 0.25) is 0 Å². The lowest BCUT2D eigenvalue weighted by molar-refractivity contribution is 0.412. The molecule has 0 amide bonds. The summed E-state index contributed by atoms with van der Waals surface area (Å²) in [6.07, 6.45) is 21.3. The van der Waals surface area contributed by atoms with Gasteiger partial charge in [-0.2, -0.15) is 0 Å². The fourth-order valence-electron chi connectivity index (χ4n) is 3.31. The van der Waals surface area contributed by atoms with Gasteiger partial charge in [0, 0.05) is 6.04 Å². The number of nitrogens with two attached hydrogens (primary N) is 1. The second-order valence-corrected chi connectivity index (χ2v) is 6.61. The van der Waals surface area contributed by atoms with Crippen molar-refractivity contribution in [2.24, 2.45) is 5.73 Å². The van der Waals surface area contributed by atoms with Gasteiger partial charge in [-0.05, 0) is 32.4 Å². The predicted molar refractivity (Wildman–Crippen MR) is 90.1 cm³/mol. The Bertz CT molecular complexity index is 178. The fraction of sp³-hybridized carbons (Fsp3) is 1.00. The third-order valence-corrected chi connectivity index (χ3v) is 4.67. The van der Waals surface area contributed by atoms with Gasteiger partial charge in [0.15, 0.2) is 0 Å². The number of hydrogen-bond donors (Lipinski definition) is 2. The van der Waals surface area contributed by atoms with Gasteiger partial charge in [0.1, 0.15) is 0 Å². The standard InChI is InChI=1S/C18H38N2/c19-16-13-17-20-18-14-11-9-7-5-3-1-2-4-6-8-10-12-15-18/h18,20H,1-17,19H2. The van der Waals surface area contributed by atoms with E-state index in [2.05, 4.69) is 5.32 Å². The van der Waals surface area contributed by atoms with Crippen molar-refractivity contribution in [3.8, 4) is 0 Å². The summed E-state index contributed by atoms with van der Waals surface area (Å²) in [5.41, 5.74) is 5.59. The molecular formula is C18H38N2. The van der Waals surface area contributed by atoms with E-state index in [1.165, 1.54) is 89.9 Å². The van der Waals surface area contributed by atoms with E-state index in [4.69, 9.17) is 5.73 Å². The predicted octanol–water partition coefficient (Wildman–Crippen LogP) is 4.77. The Hall–Kier alpha value is -0.0800. The molecule has 2 heteroatoms. The summed E-state index contributed by atoms with van der Waals surface area (Å²) in [7, 11) is 0. The largest absolute Gasteiger partial charge is 0.330 e. The molecule has 1 aliphatic carbocycles. The van der Waals surface area contributed by atoms with Crippen LogP contribution in [0.5, 0.6) is 0 Å². The Balaban J connectivity index is 2.21. The highest BCUT2D eigenvalue weighted by Crippen LogP contribution is 2.16. The summed E-state index contributed by atoms with van der Waals surface area (Å²) in [6, 6.07) is 0.756. The van der Waals surface area contributed by atoms with E-state index in [-0.39, 0.29) is 0 Å². The summed E-state index contributed by atoms with van der Waals surface area (Å²) in [4.78, 5) is 0. The van der Waals surface area contributed by atoms with Crippen molar-refractivity contribution in [1.29, 1.82) is 0 Å². The average Bonchev–Trinajstić information content (AvgIpc) is 2.47. The first-order chi connectivity index (χ1) is 9.93. The maximum atomic E-state index is 5.59. The van der Waals surface area contributed by atoms with Gasteiger partial charge in [0.05, 0.1) is 0 Å². The molecule has 0 heterocycles. The van der Waals surface area contributed by atoms with Gasteiger partial charge in [-0.15, -0.1) is 0 Å². The zero-order valence-corrected chi connectivity index (χ0v) is 13.7. The minimum Gasteiger partial charge on any atom is -0.330 e. The molecule has 2 nitrogen and oxygen atoms in total. The first-order valence-corrected chi connectivity index (χ1v) is 9.37. The molecule has 0 radical (unpaired) electrons. The molecule has 0 unspecified atom stereocenters. The third kappa shape index (κ3) is 10.7. The van der Waals surface area contributed by atoms with Crippen molar-refractivity contribution in [1.82, 2.24) is 5.32 Å². The number of nitrogens with one attached hydrogen (secondary N) is 1. The molecule has 1 saturated carbocycles. The highest BCUT2D eigenvalue weighted by Gasteiger charge is 2.07. The highest BCUT2D eigenvalue weighted by molar-refractivity contribution is 4.68. The Morgan fingerprint density at radius 1 is 0.650 bits per heavy atom. The van der Waals surface area contributed by atoms with E-state index in [0.29, 0.717) is 0 Å². The quantitative estimate of drug-likeness (QED) is 0.729. The van der Waals surface area contributed by atoms with Gasteiger partial charge in [0.2, 0.25) is 0 Å². The van der Waals surface area contributed by atoms with Crippen LogP contribution in [0.1, 0.15) is 96.3 Å². The molecule has 0 aromatic carbocycles. The van der Waals surface area contributed by atoms with Crippen LogP contribution < -0.4 is 11.1 Å². The topological polar surface area (TPSA) is 38.0 Å². The lowest BCUT2D eigenvalue weighted by Crippen LogP contribution is -2.31. The molecule has 0 aromatic rings. The van der Waals surface area contributed by atoms with Gasteiger partial charge >= 0.3 is 0 Å². The third-order valence-electron chi connectivity index (χ3n) is 4.67. The lowest BCUT2D eigenvalue weighted by atomic mass is 10.0. The second kappa shape index (κ2) is 13.9. The summed E-state index contributed by atoms with van der Waals surface area (Å²) >= 11 is 0. The van der Waals surface area contributed by atoms with E-state index >= 15 is 0 Å². The zero-order valence-electron chi connectivity index (χ0n) is 13.7. The van der Waals surface area contributed by atoms with Crippen LogP contribution in [0.15, 0.2) is 0 Å². The molecule has 1 aliphatic rings. The molecule has 0 aromatic heterocycles. The summed E-state index contributed by atoms with van der Waals surface area (Å²) < 4.78 is 0. The van der Waals surface area contributed by atoms with Crippen molar-refractivity contribution in [3.63, 3.8) is 0 Å². The highest BCUT2D eigenvalue weighted by atomic mass is 14.9. The Labute approximate surface area is 127 Å². The first-order valence-electron chi connectivity index (χ1n) is 9.37. The molecule has 0 spiro atoms. The van der Waals surface area contributed by atoms with Crippen molar-refractivity contribution >= 4 is 0 Å². The van der Waals surface area contributed by atoms with Gasteiger partial charge in [-0.3, -0.25) is 0 Å². The van der Waals surface area contributed by atoms with Gasteiger partial charge in [-0.25, -0.2) is 0 Å². The van der Waals surface area contributed by atoms with Crippen LogP contribution in [0, 0.1) is 0 Å². The Morgan fingerprint density at radius 2 is 1.05 bits per heavy atom. The van der Waals surface area contributed by atoms with Crippen LogP contribution in [-0.2, 0) is 0 Å². The van der Waals surface area contributed by atoms with E-state index in [1.807, 2.05) is 0 Å². The SMILES string of the molecule is NCCCNC1CCCCCCCCCCCCCC1. The van der Waals surface area contributed by atoms with Crippen molar-refractivity contribution < 1.29 is 0 Å². The van der Waals surface area contributed by atoms with Crippen LogP contribution in [0.3, 0.4) is 0 Å². The lowest BCUT2D eigenvalue weighted by Gasteiger charge is -2.18. The maximum Gasteiger partial charge on any atom is 0.00670 e. The smallest absolute Gasteiger partial charge is 0.00670 e. The van der Waals surface area contributed by atoms with E-state index in [9.17, 15) is 0 Å². The second-order valence-electron chi connectivity index (χ2n) is 6.61. The fourth-order valence-corrected chi connectivity index (χ4v) is 3.31. The molecule has 1 rings (SSSR count). The zero-order chi connectivity index (χ0) is 14.3. The summed E-state index contributed by atoms with van der Waals surface area (Å²) in [6.45, 7) is 1.93. The van der Waals surface area contributed by atoms with Crippen LogP contribution in [0.25, 0.3) is 0 Å². The van der Waals surface area contributed by atoms with Gasteiger partial charge < -0.3 is 11.1 Å². The van der Waals surface area contributed by atoms with Crippen LogP contribution in [-0.4, -0.2) is 19.1 Å². The molecule has 0 bridgehead atoms. The van der Waals surface area contributed by atoms with E-state index < -0.39 is 0 Å². The van der Waals surface area contributed by atoms with Crippen molar-refractivity contribution in [2.45, 2.75) is 102 Å². The number of hydrogen-bond acceptors (Lipinski definition) is 2. The molecule has 20 heavy (non-hydrogen) atoms. The summed E-state index contributed by atoms with van der Waals surface area (Å²) in [5.74, 6) is 0. The van der Waals surface area contributed by atoms with Crippen molar-refractivity contribution in [3.05, 3.63) is 0 Å². The monoisotopic (exact) mass is 282 g/mol. The molecule has 3 N–H and O–H groups in total. The molecule has 120 valence electrons. The molecule has 0 atom stereocenters.